The Bertz CT molecular complexity index is 957. The van der Waals surface area contributed by atoms with E-state index < -0.39 is 8.38 Å². The van der Waals surface area contributed by atoms with Crippen LogP contribution >= 0.6 is 19.7 Å². The van der Waals surface area contributed by atoms with Gasteiger partial charge in [0.2, 0.25) is 8.38 Å². The van der Waals surface area contributed by atoms with Crippen molar-refractivity contribution in [3.63, 3.8) is 0 Å². The van der Waals surface area contributed by atoms with Gasteiger partial charge in [0.25, 0.3) is 0 Å². The first-order valence-corrected chi connectivity index (χ1v) is 11.4. The maximum absolute atomic E-state index is 12.6. The van der Waals surface area contributed by atoms with Gasteiger partial charge in [0, 0.05) is 17.2 Å². The van der Waals surface area contributed by atoms with Crippen molar-refractivity contribution in [1.29, 1.82) is 0 Å². The second-order valence-corrected chi connectivity index (χ2v) is 8.49. The summed E-state index contributed by atoms with van der Waals surface area (Å²) in [5.41, 5.74) is 1.48. The van der Waals surface area contributed by atoms with Crippen molar-refractivity contribution in [2.45, 2.75) is 25.6 Å². The van der Waals surface area contributed by atoms with E-state index >= 15 is 0 Å². The van der Waals surface area contributed by atoms with Gasteiger partial charge in [0.1, 0.15) is 24.0 Å². The van der Waals surface area contributed by atoms with E-state index in [1.54, 1.807) is 6.92 Å². The van der Waals surface area contributed by atoms with Crippen LogP contribution in [0.2, 0.25) is 0 Å². The van der Waals surface area contributed by atoms with Gasteiger partial charge in [0.15, 0.2) is 5.13 Å². The number of nitrogens with one attached hydrogen (secondary N) is 1. The fraction of sp³-hybridized carbons (Fsp3) is 0.389. The summed E-state index contributed by atoms with van der Waals surface area (Å²) < 4.78 is 33.0. The number of rotatable bonds is 9. The van der Waals surface area contributed by atoms with Crippen molar-refractivity contribution in [1.82, 2.24) is 15.0 Å². The predicted molar refractivity (Wildman–Crippen MR) is 109 cm³/mol. The van der Waals surface area contributed by atoms with E-state index in [-0.39, 0.29) is 12.3 Å². The number of nitrogens with zero attached hydrogens (tertiary/aromatic N) is 3. The van der Waals surface area contributed by atoms with E-state index in [0.717, 1.165) is 29.7 Å². The van der Waals surface area contributed by atoms with E-state index in [2.05, 4.69) is 25.0 Å². The number of benzene rings is 1. The molecular weight excluding hydrogens is 418 g/mol. The number of halogens is 1. The van der Waals surface area contributed by atoms with Gasteiger partial charge in [-0.25, -0.2) is 15.0 Å². The summed E-state index contributed by atoms with van der Waals surface area (Å²) in [7, 11) is -1.62. The van der Waals surface area contributed by atoms with Gasteiger partial charge in [0.05, 0.1) is 37.2 Å². The van der Waals surface area contributed by atoms with Crippen LogP contribution in [0, 0.1) is 0 Å². The number of aromatic nitrogens is 3. The molecule has 1 aliphatic rings. The largest absolute Gasteiger partial charge is 0.488 e. The lowest BCUT2D eigenvalue weighted by Crippen LogP contribution is -2.15. The summed E-state index contributed by atoms with van der Waals surface area (Å²) in [5, 5.41) is 6.52. The second kappa shape index (κ2) is 9.69. The molecule has 0 spiro atoms. The minimum absolute atomic E-state index is 0.0629. The normalized spacial score (nSPS) is 17.5. The molecule has 1 N–H and O–H groups in total. The molecule has 0 aliphatic carbocycles. The Morgan fingerprint density at radius 3 is 3.10 bits per heavy atom. The highest BCUT2D eigenvalue weighted by atomic mass is 32.1. The third kappa shape index (κ3) is 5.15. The molecule has 1 unspecified atom stereocenters. The summed E-state index contributed by atoms with van der Waals surface area (Å²) >= 11 is 1.40. The molecule has 0 radical (unpaired) electrons. The molecule has 8 nitrogen and oxygen atoms in total. The zero-order valence-corrected chi connectivity index (χ0v) is 17.4. The summed E-state index contributed by atoms with van der Waals surface area (Å²) in [6.07, 6.45) is 2.72. The van der Waals surface area contributed by atoms with Gasteiger partial charge >= 0.3 is 0 Å². The van der Waals surface area contributed by atoms with E-state index in [1.807, 2.05) is 23.6 Å². The van der Waals surface area contributed by atoms with Crippen LogP contribution in [0.4, 0.5) is 15.5 Å². The molecule has 2 atom stereocenters. The van der Waals surface area contributed by atoms with E-state index in [9.17, 15) is 4.53 Å². The Labute approximate surface area is 172 Å². The quantitative estimate of drug-likeness (QED) is 0.479. The Morgan fingerprint density at radius 1 is 1.38 bits per heavy atom. The minimum atomic E-state index is -1.62. The minimum Gasteiger partial charge on any atom is -0.488 e. The average molecular weight is 438 g/mol. The molecule has 154 valence electrons. The Hall–Kier alpha value is -1.97. The summed E-state index contributed by atoms with van der Waals surface area (Å²) in [4.78, 5) is 13.1. The molecule has 3 heterocycles. The molecular formula is C18H20FN4O4PS. The van der Waals surface area contributed by atoms with Gasteiger partial charge < -0.3 is 19.3 Å². The van der Waals surface area contributed by atoms with E-state index in [0.29, 0.717) is 29.9 Å². The molecule has 0 bridgehead atoms. The van der Waals surface area contributed by atoms with Crippen molar-refractivity contribution in [3.8, 4) is 5.75 Å². The Kier molecular flexibility index (Phi) is 6.78. The van der Waals surface area contributed by atoms with Crippen LogP contribution in [0.15, 0.2) is 29.9 Å². The zero-order valence-electron chi connectivity index (χ0n) is 15.7. The lowest BCUT2D eigenvalue weighted by atomic mass is 10.2. The first kappa shape index (κ1) is 20.3. The maximum atomic E-state index is 12.6. The molecule has 0 amide bonds. The highest BCUT2D eigenvalue weighted by Gasteiger charge is 2.18. The molecule has 1 fully saturated rings. The molecule has 11 heteroatoms. The summed E-state index contributed by atoms with van der Waals surface area (Å²) in [5.74, 6) is 1.37. The maximum Gasteiger partial charge on any atom is 0.221 e. The van der Waals surface area contributed by atoms with Crippen molar-refractivity contribution in [3.05, 3.63) is 35.6 Å². The third-order valence-corrected chi connectivity index (χ3v) is 6.30. The lowest BCUT2D eigenvalue weighted by molar-refractivity contribution is -0.00986. The van der Waals surface area contributed by atoms with Crippen molar-refractivity contribution in [2.75, 3.05) is 25.1 Å². The number of hydrogen-bond donors (Lipinski definition) is 1. The van der Waals surface area contributed by atoms with Crippen LogP contribution in [0.3, 0.4) is 0 Å². The fourth-order valence-corrected chi connectivity index (χ4v) is 4.64. The number of ether oxygens (including phenoxy) is 2. The zero-order chi connectivity index (χ0) is 20.1. The SMILES string of the molecule is CCOP(Cc1csc(Nc2ncnc3ccc(O[C@H]4CCOC4)cc23)n1)OF. The number of anilines is 2. The number of hydrogen-bond acceptors (Lipinski definition) is 9. The Morgan fingerprint density at radius 2 is 2.31 bits per heavy atom. The molecule has 1 aliphatic heterocycles. The smallest absolute Gasteiger partial charge is 0.221 e. The average Bonchev–Trinajstić information content (AvgIpc) is 3.40. The molecule has 2 aromatic heterocycles. The van der Waals surface area contributed by atoms with Gasteiger partial charge in [-0.15, -0.1) is 16.1 Å². The molecule has 0 saturated carbocycles. The molecule has 1 saturated heterocycles. The predicted octanol–water partition coefficient (Wildman–Crippen LogP) is 4.75. The summed E-state index contributed by atoms with van der Waals surface area (Å²) in [6.45, 7) is 3.50. The highest BCUT2D eigenvalue weighted by molar-refractivity contribution is 7.46. The number of fused-ring (bicyclic) bond motifs is 1. The monoisotopic (exact) mass is 438 g/mol. The van der Waals surface area contributed by atoms with Gasteiger partial charge in [-0.1, -0.05) is 0 Å². The first-order valence-electron chi connectivity index (χ1n) is 9.15. The number of thiazole rings is 1. The lowest BCUT2D eigenvalue weighted by Gasteiger charge is -2.13. The third-order valence-electron chi connectivity index (χ3n) is 4.22. The topological polar surface area (TPSA) is 87.6 Å². The molecule has 3 aromatic rings. The molecule has 29 heavy (non-hydrogen) atoms. The van der Waals surface area contributed by atoms with Crippen LogP contribution < -0.4 is 10.1 Å². The molecule has 1 aromatic carbocycles. The van der Waals surface area contributed by atoms with E-state index in [4.69, 9.17) is 14.0 Å². The van der Waals surface area contributed by atoms with Crippen LogP contribution in [-0.4, -0.2) is 40.9 Å². The van der Waals surface area contributed by atoms with Gasteiger partial charge in [-0.2, -0.15) is 0 Å². The van der Waals surface area contributed by atoms with Crippen LogP contribution in [0.1, 0.15) is 19.0 Å². The molecule has 4 rings (SSSR count). The van der Waals surface area contributed by atoms with Crippen LogP contribution in [-0.2, 0) is 20.2 Å². The van der Waals surface area contributed by atoms with Crippen molar-refractivity contribution < 1.29 is 23.3 Å². The van der Waals surface area contributed by atoms with Crippen molar-refractivity contribution in [2.24, 2.45) is 0 Å². The second-order valence-electron chi connectivity index (χ2n) is 6.25. The first-order chi connectivity index (χ1) is 14.2. The fourth-order valence-electron chi connectivity index (χ4n) is 2.91. The summed E-state index contributed by atoms with van der Waals surface area (Å²) in [6, 6.07) is 5.70. The Balaban J connectivity index is 1.51. The van der Waals surface area contributed by atoms with Crippen molar-refractivity contribution >= 4 is 41.6 Å². The van der Waals surface area contributed by atoms with Gasteiger partial charge in [-0.05, 0) is 29.6 Å². The standard InChI is InChI=1S/C18H20FN4O4PS/c1-2-25-28(27-19)9-12-10-29-18(22-12)23-17-15-7-13(26-14-5-6-24-8-14)3-4-16(15)20-11-21-17/h3-4,7,10-11,14H,2,5-6,8-9H2,1H3,(H,20,21,22,23)/t14-,28?/m0/s1. The van der Waals surface area contributed by atoms with E-state index in [1.165, 1.54) is 17.7 Å². The van der Waals surface area contributed by atoms with Gasteiger partial charge in [-0.3, -0.25) is 0 Å². The highest BCUT2D eigenvalue weighted by Crippen LogP contribution is 2.42. The van der Waals surface area contributed by atoms with Crippen LogP contribution in [0.25, 0.3) is 10.9 Å². The van der Waals surface area contributed by atoms with Crippen LogP contribution in [0.5, 0.6) is 5.75 Å².